The Bertz CT molecular complexity index is 1230. The van der Waals surface area contributed by atoms with Crippen LogP contribution >= 0.6 is 11.6 Å². The smallest absolute Gasteiger partial charge is 0.242 e. The summed E-state index contributed by atoms with van der Waals surface area (Å²) in [6, 6.07) is 12.0. The van der Waals surface area contributed by atoms with Crippen molar-refractivity contribution in [1.82, 2.24) is 10.2 Å². The molecular weight excluding hydrogens is 526 g/mol. The van der Waals surface area contributed by atoms with Crippen LogP contribution in [-0.2, 0) is 26.2 Å². The van der Waals surface area contributed by atoms with Gasteiger partial charge in [0.1, 0.15) is 11.8 Å². The van der Waals surface area contributed by atoms with Crippen molar-refractivity contribution in [2.75, 3.05) is 24.2 Å². The number of nitrogens with one attached hydrogen (secondary N) is 1. The van der Waals surface area contributed by atoms with Crippen molar-refractivity contribution < 1.29 is 22.7 Å². The average molecular weight is 564 g/mol. The van der Waals surface area contributed by atoms with Gasteiger partial charge < -0.3 is 15.0 Å². The number of rotatable bonds is 12. The third kappa shape index (κ3) is 7.86. The molecule has 0 radical (unpaired) electrons. The van der Waals surface area contributed by atoms with Crippen LogP contribution in [-0.4, -0.2) is 57.1 Å². The Kier molecular flexibility index (Phi) is 10.4. The largest absolute Gasteiger partial charge is 0.495 e. The molecule has 1 N–H and O–H groups in total. The zero-order valence-corrected chi connectivity index (χ0v) is 24.1. The summed E-state index contributed by atoms with van der Waals surface area (Å²) < 4.78 is 31.5. The Hall–Kier alpha value is -2.78. The molecule has 0 aliphatic heterocycles. The van der Waals surface area contributed by atoms with E-state index in [2.05, 4.69) is 5.32 Å². The van der Waals surface area contributed by atoms with Crippen molar-refractivity contribution >= 4 is 39.1 Å². The fourth-order valence-electron chi connectivity index (χ4n) is 4.76. The minimum absolute atomic E-state index is 0.0861. The van der Waals surface area contributed by atoms with Crippen molar-refractivity contribution in [3.05, 3.63) is 58.6 Å². The minimum atomic E-state index is -3.63. The Labute approximate surface area is 231 Å². The van der Waals surface area contributed by atoms with E-state index in [0.29, 0.717) is 23.0 Å². The number of carbonyl (C=O) groups is 2. The van der Waals surface area contributed by atoms with Gasteiger partial charge in [-0.1, -0.05) is 48.7 Å². The second-order valence-corrected chi connectivity index (χ2v) is 12.2. The number of aryl methyl sites for hydroxylation is 1. The minimum Gasteiger partial charge on any atom is -0.495 e. The van der Waals surface area contributed by atoms with Gasteiger partial charge >= 0.3 is 0 Å². The van der Waals surface area contributed by atoms with Gasteiger partial charge in [0, 0.05) is 25.6 Å². The molecule has 1 atom stereocenters. The highest BCUT2D eigenvalue weighted by Crippen LogP contribution is 2.30. The van der Waals surface area contributed by atoms with Crippen LogP contribution in [0.5, 0.6) is 5.75 Å². The van der Waals surface area contributed by atoms with Gasteiger partial charge in [-0.05, 0) is 62.4 Å². The maximum atomic E-state index is 13.5. The number of anilines is 1. The van der Waals surface area contributed by atoms with Crippen molar-refractivity contribution in [2.24, 2.45) is 0 Å². The molecule has 208 valence electrons. The van der Waals surface area contributed by atoms with E-state index in [1.54, 1.807) is 24.0 Å². The van der Waals surface area contributed by atoms with E-state index < -0.39 is 16.1 Å². The number of halogens is 1. The first-order valence-corrected chi connectivity index (χ1v) is 15.2. The van der Waals surface area contributed by atoms with Crippen molar-refractivity contribution in [2.45, 2.75) is 71.0 Å². The van der Waals surface area contributed by atoms with E-state index in [4.69, 9.17) is 16.3 Å². The molecule has 0 unspecified atom stereocenters. The van der Waals surface area contributed by atoms with E-state index in [9.17, 15) is 18.0 Å². The first kappa shape index (κ1) is 29.8. The molecule has 3 rings (SSSR count). The highest BCUT2D eigenvalue weighted by molar-refractivity contribution is 7.92. The number of methoxy groups -OCH3 is 1. The van der Waals surface area contributed by atoms with Gasteiger partial charge in [0.2, 0.25) is 21.8 Å². The molecule has 0 aromatic heterocycles. The molecule has 1 aliphatic carbocycles. The Morgan fingerprint density at radius 1 is 1.16 bits per heavy atom. The van der Waals surface area contributed by atoms with Crippen LogP contribution in [0.2, 0.25) is 5.02 Å². The monoisotopic (exact) mass is 563 g/mol. The molecule has 2 aromatic carbocycles. The zero-order chi connectivity index (χ0) is 27.9. The van der Waals surface area contributed by atoms with E-state index in [0.717, 1.165) is 43.1 Å². The zero-order valence-electron chi connectivity index (χ0n) is 22.6. The van der Waals surface area contributed by atoms with Crippen LogP contribution < -0.4 is 14.4 Å². The molecule has 1 aliphatic rings. The van der Waals surface area contributed by atoms with E-state index in [1.807, 2.05) is 31.2 Å². The molecule has 0 heterocycles. The summed E-state index contributed by atoms with van der Waals surface area (Å²) >= 11 is 6.22. The number of hydrogen-bond acceptors (Lipinski definition) is 5. The number of amides is 2. The van der Waals surface area contributed by atoms with Gasteiger partial charge in [-0.25, -0.2) is 8.42 Å². The lowest BCUT2D eigenvalue weighted by Gasteiger charge is -2.30. The first-order valence-electron chi connectivity index (χ1n) is 13.0. The second kappa shape index (κ2) is 13.3. The Morgan fingerprint density at radius 3 is 2.45 bits per heavy atom. The molecule has 8 nitrogen and oxygen atoms in total. The number of hydrogen-bond donors (Lipinski definition) is 1. The maximum Gasteiger partial charge on any atom is 0.242 e. The van der Waals surface area contributed by atoms with E-state index >= 15 is 0 Å². The number of ether oxygens (including phenoxy) is 1. The van der Waals surface area contributed by atoms with Gasteiger partial charge in [-0.2, -0.15) is 0 Å². The summed E-state index contributed by atoms with van der Waals surface area (Å²) in [7, 11) is -2.14. The van der Waals surface area contributed by atoms with E-state index in [1.165, 1.54) is 17.5 Å². The number of nitrogens with zero attached hydrogens (tertiary/aromatic N) is 2. The number of carbonyl (C=O) groups excluding carboxylic acids is 2. The van der Waals surface area contributed by atoms with Gasteiger partial charge in [0.15, 0.2) is 0 Å². The normalized spacial score (nSPS) is 14.7. The fourth-order valence-corrected chi connectivity index (χ4v) is 5.97. The third-order valence-corrected chi connectivity index (χ3v) is 8.54. The molecular formula is C28H38ClN3O5S. The molecule has 1 saturated carbocycles. The van der Waals surface area contributed by atoms with Crippen LogP contribution in [0.1, 0.15) is 56.6 Å². The van der Waals surface area contributed by atoms with Crippen LogP contribution in [0.15, 0.2) is 42.5 Å². The summed E-state index contributed by atoms with van der Waals surface area (Å²) in [5.74, 6) is 0.0729. The van der Waals surface area contributed by atoms with Gasteiger partial charge in [0.05, 0.1) is 24.1 Å². The summed E-state index contributed by atoms with van der Waals surface area (Å²) in [4.78, 5) is 28.2. The summed E-state index contributed by atoms with van der Waals surface area (Å²) in [6.45, 7) is 4.12. The van der Waals surface area contributed by atoms with Crippen LogP contribution in [0.3, 0.4) is 0 Å². The molecule has 2 amide bonds. The third-order valence-electron chi connectivity index (χ3n) is 7.05. The standard InChI is InChI=1S/C28H38ClN3O5S/c1-20-10-5-6-11-22(20)19-31(21(2)28(34)30-23-12-7-8-13-23)27(33)14-9-17-32(38(4,35)36)24-15-16-26(37-3)25(29)18-24/h5-6,10-11,15-16,18,21,23H,7-9,12-14,17,19H2,1-4H3,(H,30,34)/t21-/m1/s1. The molecule has 2 aromatic rings. The lowest BCUT2D eigenvalue weighted by molar-refractivity contribution is -0.141. The molecule has 38 heavy (non-hydrogen) atoms. The SMILES string of the molecule is COc1ccc(N(CCCC(=O)N(Cc2ccccc2C)[C@H](C)C(=O)NC2CCCC2)S(C)(=O)=O)cc1Cl. The highest BCUT2D eigenvalue weighted by Gasteiger charge is 2.29. The summed E-state index contributed by atoms with van der Waals surface area (Å²) in [5.41, 5.74) is 2.40. The van der Waals surface area contributed by atoms with Gasteiger partial charge in [-0.15, -0.1) is 0 Å². The summed E-state index contributed by atoms with van der Waals surface area (Å²) in [5, 5.41) is 3.39. The average Bonchev–Trinajstić information content (AvgIpc) is 3.38. The highest BCUT2D eigenvalue weighted by atomic mass is 35.5. The van der Waals surface area contributed by atoms with Crippen LogP contribution in [0.25, 0.3) is 0 Å². The van der Waals surface area contributed by atoms with Gasteiger partial charge in [0.25, 0.3) is 0 Å². The Balaban J connectivity index is 1.74. The molecule has 10 heteroatoms. The van der Waals surface area contributed by atoms with Crippen molar-refractivity contribution in [1.29, 1.82) is 0 Å². The number of sulfonamides is 1. The first-order chi connectivity index (χ1) is 18.0. The van der Waals surface area contributed by atoms with E-state index in [-0.39, 0.29) is 37.2 Å². The van der Waals surface area contributed by atoms with Crippen molar-refractivity contribution in [3.63, 3.8) is 0 Å². The lowest BCUT2D eigenvalue weighted by Crippen LogP contribution is -2.49. The topological polar surface area (TPSA) is 96.0 Å². The predicted molar refractivity (Wildman–Crippen MR) is 151 cm³/mol. The molecule has 0 saturated heterocycles. The van der Waals surface area contributed by atoms with Gasteiger partial charge in [-0.3, -0.25) is 13.9 Å². The maximum absolute atomic E-state index is 13.5. The lowest BCUT2D eigenvalue weighted by atomic mass is 10.1. The molecule has 1 fully saturated rings. The second-order valence-electron chi connectivity index (χ2n) is 9.87. The fraction of sp³-hybridized carbons (Fsp3) is 0.500. The quantitative estimate of drug-likeness (QED) is 0.404. The predicted octanol–water partition coefficient (Wildman–Crippen LogP) is 4.68. The van der Waals surface area contributed by atoms with Crippen LogP contribution in [0, 0.1) is 6.92 Å². The number of benzene rings is 2. The Morgan fingerprint density at radius 2 is 1.84 bits per heavy atom. The molecule has 0 spiro atoms. The van der Waals surface area contributed by atoms with Crippen LogP contribution in [0.4, 0.5) is 5.69 Å². The summed E-state index contributed by atoms with van der Waals surface area (Å²) in [6.07, 6.45) is 5.59. The van der Waals surface area contributed by atoms with Crippen molar-refractivity contribution in [3.8, 4) is 5.75 Å². The molecule has 0 bridgehead atoms.